The van der Waals surface area contributed by atoms with E-state index in [0.717, 1.165) is 0 Å². The lowest BCUT2D eigenvalue weighted by Crippen LogP contribution is -2.02. The molecule has 1 rings (SSSR count). The largest absolute Gasteiger partial charge is 0.306 e. The first-order chi connectivity index (χ1) is 4.93. The van der Waals surface area contributed by atoms with Crippen molar-refractivity contribution in [3.05, 3.63) is 35.9 Å². The number of hydrazone groups is 1. The summed E-state index contributed by atoms with van der Waals surface area (Å²) in [7, 11) is 0. The molecule has 0 aliphatic heterocycles. The number of benzene rings is 1. The van der Waals surface area contributed by atoms with Crippen LogP contribution in [0.1, 0.15) is 5.56 Å². The minimum absolute atomic E-state index is 0.692. The maximum atomic E-state index is 4.89. The molecule has 0 aliphatic rings. The molecule has 2 nitrogen and oxygen atoms in total. The van der Waals surface area contributed by atoms with Gasteiger partial charge < -0.3 is 5.43 Å². The van der Waals surface area contributed by atoms with Crippen LogP contribution in [0.15, 0.2) is 35.4 Å². The van der Waals surface area contributed by atoms with Crippen molar-refractivity contribution in [1.82, 2.24) is 5.43 Å². The normalized spacial score (nSPS) is 8.80. The predicted molar refractivity (Wildman–Crippen MR) is 41.8 cm³/mol. The third-order valence-electron chi connectivity index (χ3n) is 1.22. The topological polar surface area (TPSA) is 24.4 Å². The zero-order chi connectivity index (χ0) is 7.23. The lowest BCUT2D eigenvalue weighted by atomic mass is 10.2. The van der Waals surface area contributed by atoms with E-state index >= 15 is 0 Å². The number of nitrogens with zero attached hydrogens (tertiary/aromatic N) is 1. The fraction of sp³-hybridized carbons (Fsp3) is 0.125. The summed E-state index contributed by atoms with van der Waals surface area (Å²) in [5.74, 6) is 0. The summed E-state index contributed by atoms with van der Waals surface area (Å²) < 4.78 is 0. The van der Waals surface area contributed by atoms with Crippen molar-refractivity contribution in [1.29, 1.82) is 0 Å². The fourth-order valence-corrected chi connectivity index (χ4v) is 0.733. The van der Waals surface area contributed by atoms with Crippen molar-refractivity contribution in [2.75, 3.05) is 0 Å². The molecule has 51 valence electrons. The molecule has 0 spiro atoms. The molecule has 2 heteroatoms. The second-order valence-corrected chi connectivity index (χ2v) is 1.95. The second kappa shape index (κ2) is 3.67. The van der Waals surface area contributed by atoms with Crippen LogP contribution in [0.5, 0.6) is 0 Å². The summed E-state index contributed by atoms with van der Waals surface area (Å²) in [4.78, 5) is 0. The van der Waals surface area contributed by atoms with Gasteiger partial charge in [0.1, 0.15) is 0 Å². The molecule has 1 aromatic carbocycles. The van der Waals surface area contributed by atoms with E-state index in [1.54, 1.807) is 0 Å². The Labute approximate surface area is 60.6 Å². The standard InChI is InChI=1S/C8H9N2/c1-9-10-7-8-5-3-2-4-6-8/h1-6,10H,7H2. The molecule has 1 N–H and O–H groups in total. The second-order valence-electron chi connectivity index (χ2n) is 1.95. The first-order valence-corrected chi connectivity index (χ1v) is 3.10. The highest BCUT2D eigenvalue weighted by atomic mass is 15.3. The molecule has 0 amide bonds. The molecular weight excluding hydrogens is 124 g/mol. The lowest BCUT2D eigenvalue weighted by Gasteiger charge is -1.97. The molecule has 0 fully saturated rings. The predicted octanol–water partition coefficient (Wildman–Crippen LogP) is 1.27. The zero-order valence-corrected chi connectivity index (χ0v) is 5.62. The molecule has 0 heterocycles. The van der Waals surface area contributed by atoms with Crippen molar-refractivity contribution in [3.8, 4) is 0 Å². The van der Waals surface area contributed by atoms with Crippen LogP contribution in [-0.4, -0.2) is 6.72 Å². The molecule has 0 saturated heterocycles. The van der Waals surface area contributed by atoms with E-state index in [4.69, 9.17) is 6.72 Å². The summed E-state index contributed by atoms with van der Waals surface area (Å²) in [5.41, 5.74) is 3.84. The Morgan fingerprint density at radius 2 is 2.00 bits per heavy atom. The molecule has 0 aliphatic carbocycles. The van der Waals surface area contributed by atoms with Gasteiger partial charge in [0.05, 0.1) is 13.3 Å². The van der Waals surface area contributed by atoms with Gasteiger partial charge in [-0.05, 0) is 5.56 Å². The SMILES string of the molecule is [CH]=NNCc1ccccc1. The van der Waals surface area contributed by atoms with E-state index in [1.165, 1.54) is 5.56 Å². The van der Waals surface area contributed by atoms with Gasteiger partial charge in [-0.1, -0.05) is 30.3 Å². The van der Waals surface area contributed by atoms with Crippen molar-refractivity contribution >= 4 is 6.72 Å². The highest BCUT2D eigenvalue weighted by Crippen LogP contribution is 1.96. The zero-order valence-electron chi connectivity index (χ0n) is 5.62. The molecule has 1 aromatic rings. The van der Waals surface area contributed by atoms with Crippen LogP contribution >= 0.6 is 0 Å². The van der Waals surface area contributed by atoms with Crippen LogP contribution in [0.3, 0.4) is 0 Å². The van der Waals surface area contributed by atoms with Gasteiger partial charge in [-0.2, -0.15) is 5.10 Å². The molecule has 0 unspecified atom stereocenters. The monoisotopic (exact) mass is 133 g/mol. The van der Waals surface area contributed by atoms with E-state index in [9.17, 15) is 0 Å². The summed E-state index contributed by atoms with van der Waals surface area (Å²) in [6, 6.07) is 9.96. The summed E-state index contributed by atoms with van der Waals surface area (Å²) in [6.07, 6.45) is 0. The van der Waals surface area contributed by atoms with Crippen molar-refractivity contribution in [2.45, 2.75) is 6.54 Å². The maximum Gasteiger partial charge on any atom is 0.0668 e. The van der Waals surface area contributed by atoms with Crippen molar-refractivity contribution < 1.29 is 0 Å². The van der Waals surface area contributed by atoms with Crippen LogP contribution in [0, 0.1) is 0 Å². The number of hydrogen-bond donors (Lipinski definition) is 1. The van der Waals surface area contributed by atoms with Crippen LogP contribution in [0.25, 0.3) is 0 Å². The van der Waals surface area contributed by atoms with Gasteiger partial charge in [0.2, 0.25) is 0 Å². The number of nitrogens with one attached hydrogen (secondary N) is 1. The van der Waals surface area contributed by atoms with Crippen LogP contribution < -0.4 is 5.43 Å². The molecule has 10 heavy (non-hydrogen) atoms. The van der Waals surface area contributed by atoms with Gasteiger partial charge in [0, 0.05) is 0 Å². The van der Waals surface area contributed by atoms with E-state index < -0.39 is 0 Å². The van der Waals surface area contributed by atoms with Crippen LogP contribution in [-0.2, 0) is 6.54 Å². The average molecular weight is 133 g/mol. The fourth-order valence-electron chi connectivity index (χ4n) is 0.733. The highest BCUT2D eigenvalue weighted by Gasteiger charge is 1.84. The Bertz CT molecular complexity index is 194. The quantitative estimate of drug-likeness (QED) is 0.487. The lowest BCUT2D eigenvalue weighted by molar-refractivity contribution is 0.751. The summed E-state index contributed by atoms with van der Waals surface area (Å²) in [6.45, 7) is 5.58. The molecule has 0 saturated carbocycles. The molecule has 0 bridgehead atoms. The Morgan fingerprint density at radius 1 is 1.30 bits per heavy atom. The summed E-state index contributed by atoms with van der Waals surface area (Å²) in [5, 5.41) is 3.28. The van der Waals surface area contributed by atoms with Crippen LogP contribution in [0.4, 0.5) is 0 Å². The molecule has 1 radical (unpaired) electrons. The van der Waals surface area contributed by atoms with Crippen molar-refractivity contribution in [2.24, 2.45) is 5.10 Å². The minimum atomic E-state index is 0.692. The van der Waals surface area contributed by atoms with Crippen molar-refractivity contribution in [3.63, 3.8) is 0 Å². The van der Waals surface area contributed by atoms with Gasteiger partial charge in [-0.25, -0.2) is 0 Å². The Kier molecular flexibility index (Phi) is 2.49. The van der Waals surface area contributed by atoms with Crippen LogP contribution in [0.2, 0.25) is 0 Å². The molecule has 0 atom stereocenters. The highest BCUT2D eigenvalue weighted by molar-refractivity contribution is 5.22. The molecular formula is C8H9N2. The van der Waals surface area contributed by atoms with Gasteiger partial charge in [-0.15, -0.1) is 0 Å². The third kappa shape index (κ3) is 1.90. The first kappa shape index (κ1) is 6.81. The Balaban J connectivity index is 2.50. The average Bonchev–Trinajstić information content (AvgIpc) is 2.03. The van der Waals surface area contributed by atoms with E-state index in [2.05, 4.69) is 10.5 Å². The minimum Gasteiger partial charge on any atom is -0.306 e. The molecule has 0 aromatic heterocycles. The smallest absolute Gasteiger partial charge is 0.0668 e. The third-order valence-corrected chi connectivity index (χ3v) is 1.22. The Hall–Kier alpha value is -1.31. The van der Waals surface area contributed by atoms with E-state index in [1.807, 2.05) is 30.3 Å². The van der Waals surface area contributed by atoms with Gasteiger partial charge >= 0.3 is 0 Å². The van der Waals surface area contributed by atoms with E-state index in [0.29, 0.717) is 6.54 Å². The number of hydrogen-bond acceptors (Lipinski definition) is 2. The number of rotatable bonds is 3. The first-order valence-electron chi connectivity index (χ1n) is 3.10. The van der Waals surface area contributed by atoms with Gasteiger partial charge in [-0.3, -0.25) is 0 Å². The maximum absolute atomic E-state index is 4.89. The summed E-state index contributed by atoms with van der Waals surface area (Å²) >= 11 is 0. The van der Waals surface area contributed by atoms with E-state index in [-0.39, 0.29) is 0 Å². The van der Waals surface area contributed by atoms with Gasteiger partial charge in [0.25, 0.3) is 0 Å². The Morgan fingerprint density at radius 3 is 2.60 bits per heavy atom. The van der Waals surface area contributed by atoms with Gasteiger partial charge in [0.15, 0.2) is 0 Å².